The predicted molar refractivity (Wildman–Crippen MR) is 158 cm³/mol. The molecule has 2 heterocycles. The third-order valence-electron chi connectivity index (χ3n) is 7.21. The Bertz CT molecular complexity index is 1600. The third-order valence-corrected chi connectivity index (χ3v) is 8.47. The lowest BCUT2D eigenvalue weighted by Crippen LogP contribution is -2.47. The number of aromatic nitrogens is 2. The van der Waals surface area contributed by atoms with Gasteiger partial charge in [0.05, 0.1) is 11.2 Å². The van der Waals surface area contributed by atoms with Gasteiger partial charge in [0.15, 0.2) is 5.69 Å². The van der Waals surface area contributed by atoms with Crippen LogP contribution >= 0.6 is 23.1 Å². The Kier molecular flexibility index (Phi) is 7.99. The van der Waals surface area contributed by atoms with E-state index in [1.165, 1.54) is 4.90 Å². The highest BCUT2D eigenvalue weighted by Crippen LogP contribution is 2.36. The van der Waals surface area contributed by atoms with Gasteiger partial charge in [-0.05, 0) is 72.8 Å². The molecule has 0 spiro atoms. The van der Waals surface area contributed by atoms with Crippen LogP contribution in [0, 0.1) is 6.92 Å². The minimum absolute atomic E-state index is 0.000584. The number of carbonyl (C=O) groups is 3. The maximum Gasteiger partial charge on any atom is 0.273 e. The van der Waals surface area contributed by atoms with Crippen molar-refractivity contribution in [3.8, 4) is 0 Å². The highest BCUT2D eigenvalue weighted by Gasteiger charge is 2.37. The number of nitrogens with one attached hydrogen (secondary N) is 1. The van der Waals surface area contributed by atoms with Gasteiger partial charge in [0.1, 0.15) is 10.9 Å². The Morgan fingerprint density at radius 3 is 2.58 bits per heavy atom. The second-order valence-electron chi connectivity index (χ2n) is 9.95. The molecule has 1 aliphatic carbocycles. The summed E-state index contributed by atoms with van der Waals surface area (Å²) >= 11 is 7.27. The SMILES string of the molecule is Cc1ccc(N(C(=O)c2snc(C(N)=O)c2N)C(C(=O)NC2CCCCC2)c2ccc3ncccc3c2)cc1Cl. The maximum atomic E-state index is 14.3. The highest BCUT2D eigenvalue weighted by atomic mass is 35.5. The summed E-state index contributed by atoms with van der Waals surface area (Å²) in [4.78, 5) is 46.1. The van der Waals surface area contributed by atoms with Crippen molar-refractivity contribution in [2.75, 3.05) is 10.6 Å². The highest BCUT2D eigenvalue weighted by molar-refractivity contribution is 7.09. The zero-order valence-corrected chi connectivity index (χ0v) is 23.5. The molecule has 3 amide bonds. The van der Waals surface area contributed by atoms with E-state index in [0.29, 0.717) is 16.3 Å². The first-order valence-electron chi connectivity index (χ1n) is 13.0. The predicted octanol–water partition coefficient (Wildman–Crippen LogP) is 5.17. The number of carbonyl (C=O) groups excluding carboxylic acids is 3. The molecule has 9 nitrogen and oxygen atoms in total. The van der Waals surface area contributed by atoms with Gasteiger partial charge in [0.2, 0.25) is 5.91 Å². The maximum absolute atomic E-state index is 14.3. The Labute approximate surface area is 240 Å². The van der Waals surface area contributed by atoms with Crippen molar-refractivity contribution >= 4 is 63.1 Å². The molecule has 1 fully saturated rings. The normalized spacial score (nSPS) is 14.6. The zero-order valence-electron chi connectivity index (χ0n) is 21.9. The van der Waals surface area contributed by atoms with Crippen LogP contribution in [-0.4, -0.2) is 33.1 Å². The Morgan fingerprint density at radius 2 is 1.88 bits per heavy atom. The van der Waals surface area contributed by atoms with Crippen LogP contribution in [0.3, 0.4) is 0 Å². The fourth-order valence-electron chi connectivity index (χ4n) is 5.06. The van der Waals surface area contributed by atoms with Gasteiger partial charge in [-0.15, -0.1) is 0 Å². The van der Waals surface area contributed by atoms with Crippen molar-refractivity contribution in [2.45, 2.75) is 51.1 Å². The monoisotopic (exact) mass is 576 g/mol. The average Bonchev–Trinajstić information content (AvgIpc) is 3.34. The van der Waals surface area contributed by atoms with Gasteiger partial charge >= 0.3 is 0 Å². The molecule has 0 saturated heterocycles. The van der Waals surface area contributed by atoms with Crippen LogP contribution in [-0.2, 0) is 4.79 Å². The number of hydrogen-bond donors (Lipinski definition) is 3. The molecule has 0 aliphatic heterocycles. The number of nitrogens with zero attached hydrogens (tertiary/aromatic N) is 3. The fraction of sp³-hybridized carbons (Fsp3) is 0.276. The van der Waals surface area contributed by atoms with E-state index < -0.39 is 17.9 Å². The van der Waals surface area contributed by atoms with Crippen LogP contribution in [0.5, 0.6) is 0 Å². The lowest BCUT2D eigenvalue weighted by atomic mass is 9.94. The molecule has 2 aromatic heterocycles. The summed E-state index contributed by atoms with van der Waals surface area (Å²) in [5.74, 6) is -1.78. The first-order valence-corrected chi connectivity index (χ1v) is 14.2. The summed E-state index contributed by atoms with van der Waals surface area (Å²) in [6.07, 6.45) is 6.62. The van der Waals surface area contributed by atoms with Crippen LogP contribution in [0.15, 0.2) is 54.7 Å². The molecular weight excluding hydrogens is 548 g/mol. The first kappa shape index (κ1) is 27.5. The number of fused-ring (bicyclic) bond motifs is 1. The van der Waals surface area contributed by atoms with Gasteiger partial charge in [0.25, 0.3) is 11.8 Å². The summed E-state index contributed by atoms with van der Waals surface area (Å²) < 4.78 is 4.02. The van der Waals surface area contributed by atoms with Crippen molar-refractivity contribution in [2.24, 2.45) is 5.73 Å². The smallest absolute Gasteiger partial charge is 0.273 e. The van der Waals surface area contributed by atoms with Crippen molar-refractivity contribution in [3.63, 3.8) is 0 Å². The van der Waals surface area contributed by atoms with E-state index in [0.717, 1.165) is 60.1 Å². The third kappa shape index (κ3) is 5.50. The summed E-state index contributed by atoms with van der Waals surface area (Å²) in [7, 11) is 0. The first-order chi connectivity index (χ1) is 19.2. The lowest BCUT2D eigenvalue weighted by molar-refractivity contribution is -0.123. The van der Waals surface area contributed by atoms with Gasteiger partial charge in [-0.25, -0.2) is 0 Å². The molecule has 5 rings (SSSR count). The molecule has 40 heavy (non-hydrogen) atoms. The molecule has 1 saturated carbocycles. The van der Waals surface area contributed by atoms with E-state index in [9.17, 15) is 14.4 Å². The van der Waals surface area contributed by atoms with Crippen LogP contribution < -0.4 is 21.7 Å². The number of hydrogen-bond acceptors (Lipinski definition) is 7. The molecule has 206 valence electrons. The average molecular weight is 577 g/mol. The summed E-state index contributed by atoms with van der Waals surface area (Å²) in [6, 6.07) is 13.3. The molecule has 4 aromatic rings. The van der Waals surface area contributed by atoms with E-state index in [-0.39, 0.29) is 28.2 Å². The Morgan fingerprint density at radius 1 is 1.10 bits per heavy atom. The molecule has 0 radical (unpaired) electrons. The summed E-state index contributed by atoms with van der Waals surface area (Å²) in [5, 5.41) is 4.43. The second kappa shape index (κ2) is 11.6. The number of pyridine rings is 1. The molecular formula is C29H29ClN6O3S. The number of rotatable bonds is 7. The number of aryl methyl sites for hydroxylation is 1. The van der Waals surface area contributed by atoms with Crippen molar-refractivity contribution in [1.29, 1.82) is 0 Å². The zero-order chi connectivity index (χ0) is 28.4. The molecule has 11 heteroatoms. The van der Waals surface area contributed by atoms with E-state index in [1.54, 1.807) is 30.5 Å². The molecule has 2 aromatic carbocycles. The Hall–Kier alpha value is -4.02. The molecule has 0 bridgehead atoms. The number of nitrogens with two attached hydrogens (primary N) is 2. The van der Waals surface area contributed by atoms with Crippen molar-refractivity contribution < 1.29 is 14.4 Å². The molecule has 1 atom stereocenters. The number of primary amides is 1. The van der Waals surface area contributed by atoms with E-state index in [1.807, 2.05) is 31.2 Å². The van der Waals surface area contributed by atoms with Gasteiger partial charge in [-0.2, -0.15) is 4.37 Å². The Balaban J connectivity index is 1.68. The van der Waals surface area contributed by atoms with E-state index >= 15 is 0 Å². The standard InChI is InChI=1S/C29H29ClN6O3S/c1-16-9-11-20(15-21(16)30)36(29(39)26-23(31)24(27(32)37)35-40-26)25(28(38)34-19-7-3-2-4-8-19)18-10-12-22-17(14-18)6-5-13-33-22/h5-6,9-15,19,25H,2-4,7-8,31H2,1H3,(H2,32,37)(H,34,38). The van der Waals surface area contributed by atoms with E-state index in [4.69, 9.17) is 23.1 Å². The second-order valence-corrected chi connectivity index (χ2v) is 11.1. The number of nitrogen functional groups attached to an aromatic ring is 1. The minimum atomic E-state index is -1.09. The number of benzene rings is 2. The lowest BCUT2D eigenvalue weighted by Gasteiger charge is -2.33. The van der Waals surface area contributed by atoms with Gasteiger partial charge < -0.3 is 16.8 Å². The number of amides is 3. The largest absolute Gasteiger partial charge is 0.395 e. The topological polar surface area (TPSA) is 144 Å². The summed E-state index contributed by atoms with van der Waals surface area (Å²) in [5.41, 5.74) is 13.8. The summed E-state index contributed by atoms with van der Waals surface area (Å²) in [6.45, 7) is 1.85. The molecule has 1 aliphatic rings. The number of anilines is 2. The van der Waals surface area contributed by atoms with Crippen LogP contribution in [0.4, 0.5) is 11.4 Å². The van der Waals surface area contributed by atoms with Gasteiger partial charge in [-0.3, -0.25) is 24.3 Å². The van der Waals surface area contributed by atoms with Gasteiger partial charge in [-0.1, -0.05) is 49.1 Å². The van der Waals surface area contributed by atoms with Crippen LogP contribution in [0.1, 0.15) is 69.4 Å². The minimum Gasteiger partial charge on any atom is -0.395 e. The molecule has 5 N–H and O–H groups in total. The quantitative estimate of drug-likeness (QED) is 0.277. The van der Waals surface area contributed by atoms with E-state index in [2.05, 4.69) is 14.7 Å². The number of halogens is 1. The van der Waals surface area contributed by atoms with Crippen LogP contribution in [0.25, 0.3) is 10.9 Å². The van der Waals surface area contributed by atoms with Crippen molar-refractivity contribution in [1.82, 2.24) is 14.7 Å². The van der Waals surface area contributed by atoms with Crippen LogP contribution in [0.2, 0.25) is 5.02 Å². The molecule has 1 unspecified atom stereocenters. The van der Waals surface area contributed by atoms with Crippen molar-refractivity contribution in [3.05, 3.63) is 81.4 Å². The van der Waals surface area contributed by atoms with Gasteiger partial charge in [0, 0.05) is 28.3 Å². The fourth-order valence-corrected chi connectivity index (χ4v) is 5.98.